The normalized spacial score (nSPS) is 15.3. The number of carbonyl (C=O) groups excluding carboxylic acids is 1. The summed E-state index contributed by atoms with van der Waals surface area (Å²) in [6.07, 6.45) is 3.63. The number of ether oxygens (including phenoxy) is 1. The average Bonchev–Trinajstić information content (AvgIpc) is 3.02. The van der Waals surface area contributed by atoms with Gasteiger partial charge in [0.15, 0.2) is 0 Å². The lowest BCUT2D eigenvalue weighted by molar-refractivity contribution is 0.0950. The van der Waals surface area contributed by atoms with Crippen LogP contribution in [0, 0.1) is 13.8 Å². The predicted molar refractivity (Wildman–Crippen MR) is 118 cm³/mol. The lowest BCUT2D eigenvalue weighted by Crippen LogP contribution is -2.32. The molecule has 31 heavy (non-hydrogen) atoms. The number of aryl methyl sites for hydroxylation is 2. The molecule has 9 heteroatoms. The Kier molecular flexibility index (Phi) is 7.17. The highest BCUT2D eigenvalue weighted by Crippen LogP contribution is 2.29. The Bertz CT molecular complexity index is 1120. The van der Waals surface area contributed by atoms with Crippen LogP contribution in [0.2, 0.25) is 0 Å². The van der Waals surface area contributed by atoms with Crippen molar-refractivity contribution < 1.29 is 17.9 Å². The van der Waals surface area contributed by atoms with Crippen molar-refractivity contribution in [2.24, 2.45) is 0 Å². The summed E-state index contributed by atoms with van der Waals surface area (Å²) < 4.78 is 33.3. The third kappa shape index (κ3) is 5.16. The molecule has 2 aromatic rings. The van der Waals surface area contributed by atoms with Crippen molar-refractivity contribution in [1.82, 2.24) is 14.6 Å². The Morgan fingerprint density at radius 2 is 1.81 bits per heavy atom. The molecule has 1 aromatic carbocycles. The van der Waals surface area contributed by atoms with Crippen LogP contribution >= 0.6 is 0 Å². The number of pyridine rings is 1. The third-order valence-electron chi connectivity index (χ3n) is 5.53. The van der Waals surface area contributed by atoms with Crippen molar-refractivity contribution in [1.29, 1.82) is 0 Å². The second kappa shape index (κ2) is 9.65. The minimum absolute atomic E-state index is 0.0195. The van der Waals surface area contributed by atoms with E-state index in [0.29, 0.717) is 18.7 Å². The Balaban J connectivity index is 1.86. The molecule has 3 rings (SSSR count). The van der Waals surface area contributed by atoms with E-state index in [1.807, 2.05) is 13.0 Å². The van der Waals surface area contributed by atoms with Crippen molar-refractivity contribution >= 4 is 15.9 Å². The zero-order chi connectivity index (χ0) is 22.6. The highest BCUT2D eigenvalue weighted by molar-refractivity contribution is 7.89. The van der Waals surface area contributed by atoms with E-state index in [1.165, 1.54) is 29.6 Å². The molecular weight excluding hydrogens is 418 g/mol. The summed E-state index contributed by atoms with van der Waals surface area (Å²) in [5.41, 5.74) is 1.93. The smallest absolute Gasteiger partial charge is 0.253 e. The first-order valence-electron chi connectivity index (χ1n) is 10.4. The predicted octanol–water partition coefficient (Wildman–Crippen LogP) is 2.50. The summed E-state index contributed by atoms with van der Waals surface area (Å²) in [6, 6.07) is 6.19. The van der Waals surface area contributed by atoms with Gasteiger partial charge in [0.05, 0.1) is 7.11 Å². The largest absolute Gasteiger partial charge is 0.495 e. The van der Waals surface area contributed by atoms with Gasteiger partial charge in [-0.05, 0) is 56.5 Å². The first kappa shape index (κ1) is 23.0. The van der Waals surface area contributed by atoms with Crippen LogP contribution < -0.4 is 15.6 Å². The van der Waals surface area contributed by atoms with Crippen LogP contribution in [0.5, 0.6) is 5.75 Å². The number of nitrogens with zero attached hydrogens (tertiary/aromatic N) is 1. The van der Waals surface area contributed by atoms with E-state index in [0.717, 1.165) is 36.9 Å². The van der Waals surface area contributed by atoms with Gasteiger partial charge in [-0.25, -0.2) is 8.42 Å². The topological polar surface area (TPSA) is 109 Å². The van der Waals surface area contributed by atoms with Crippen LogP contribution in [-0.2, 0) is 16.6 Å². The Morgan fingerprint density at radius 3 is 2.42 bits per heavy atom. The molecule has 1 aliphatic rings. The minimum Gasteiger partial charge on any atom is -0.495 e. The molecule has 0 spiro atoms. The second-order valence-electron chi connectivity index (χ2n) is 7.81. The van der Waals surface area contributed by atoms with Crippen LogP contribution in [0.25, 0.3) is 0 Å². The maximum absolute atomic E-state index is 13.3. The quantitative estimate of drug-likeness (QED) is 0.707. The third-order valence-corrected chi connectivity index (χ3v) is 7.45. The first-order chi connectivity index (χ1) is 14.7. The maximum atomic E-state index is 13.3. The van der Waals surface area contributed by atoms with E-state index in [2.05, 4.69) is 10.3 Å². The standard InChI is InChI=1S/C22H29N3O5S/c1-15-12-16(2)24-22(27)18(15)14-23-21(26)17-8-9-19(30-3)20(13-17)31(28,29)25-10-6-4-5-7-11-25/h8-9,12-13H,4-7,10-11,14H2,1-3H3,(H,23,26)(H,24,27). The fraction of sp³-hybridized carbons (Fsp3) is 0.455. The summed E-state index contributed by atoms with van der Waals surface area (Å²) in [5.74, 6) is -0.263. The Labute approximate surface area is 182 Å². The molecule has 1 aliphatic heterocycles. The molecule has 0 aliphatic carbocycles. The van der Waals surface area contributed by atoms with E-state index in [4.69, 9.17) is 4.74 Å². The molecule has 168 valence electrons. The van der Waals surface area contributed by atoms with Crippen molar-refractivity contribution in [2.45, 2.75) is 51.0 Å². The number of hydrogen-bond acceptors (Lipinski definition) is 5. The van der Waals surface area contributed by atoms with Gasteiger partial charge < -0.3 is 15.0 Å². The molecule has 2 heterocycles. The van der Waals surface area contributed by atoms with E-state index < -0.39 is 15.9 Å². The zero-order valence-corrected chi connectivity index (χ0v) is 19.0. The average molecular weight is 448 g/mol. The number of aromatic nitrogens is 1. The molecule has 1 fully saturated rings. The SMILES string of the molecule is COc1ccc(C(=O)NCc2c(C)cc(C)[nH]c2=O)cc1S(=O)(=O)N1CCCCCC1. The van der Waals surface area contributed by atoms with E-state index in [1.54, 1.807) is 6.92 Å². The number of rotatable bonds is 6. The highest BCUT2D eigenvalue weighted by Gasteiger charge is 2.29. The van der Waals surface area contributed by atoms with Gasteiger partial charge >= 0.3 is 0 Å². The van der Waals surface area contributed by atoms with Gasteiger partial charge in [-0.3, -0.25) is 9.59 Å². The maximum Gasteiger partial charge on any atom is 0.253 e. The van der Waals surface area contributed by atoms with Crippen molar-refractivity contribution in [3.05, 3.63) is 57.0 Å². The van der Waals surface area contributed by atoms with Gasteiger partial charge in [-0.15, -0.1) is 0 Å². The molecule has 1 aromatic heterocycles. The van der Waals surface area contributed by atoms with Gasteiger partial charge in [-0.1, -0.05) is 12.8 Å². The molecule has 0 saturated carbocycles. The molecule has 8 nitrogen and oxygen atoms in total. The van der Waals surface area contributed by atoms with Crippen LogP contribution in [0.4, 0.5) is 0 Å². The number of carbonyl (C=O) groups is 1. The highest BCUT2D eigenvalue weighted by atomic mass is 32.2. The second-order valence-corrected chi connectivity index (χ2v) is 9.72. The molecule has 2 N–H and O–H groups in total. The zero-order valence-electron chi connectivity index (χ0n) is 18.2. The number of benzene rings is 1. The van der Waals surface area contributed by atoms with Gasteiger partial charge in [0.1, 0.15) is 10.6 Å². The van der Waals surface area contributed by atoms with E-state index >= 15 is 0 Å². The molecule has 1 amide bonds. The summed E-state index contributed by atoms with van der Waals surface area (Å²) in [6.45, 7) is 4.55. The summed E-state index contributed by atoms with van der Waals surface area (Å²) in [5, 5.41) is 2.71. The van der Waals surface area contributed by atoms with E-state index in [9.17, 15) is 18.0 Å². The number of amides is 1. The monoisotopic (exact) mass is 447 g/mol. The summed E-state index contributed by atoms with van der Waals surface area (Å²) in [7, 11) is -2.39. The lowest BCUT2D eigenvalue weighted by Gasteiger charge is -2.21. The van der Waals surface area contributed by atoms with Crippen LogP contribution in [0.3, 0.4) is 0 Å². The molecule has 0 unspecified atom stereocenters. The molecule has 0 radical (unpaired) electrons. The number of nitrogens with one attached hydrogen (secondary N) is 2. The van der Waals surface area contributed by atoms with Gasteiger partial charge in [0.2, 0.25) is 10.0 Å². The van der Waals surface area contributed by atoms with Gasteiger partial charge in [0.25, 0.3) is 11.5 Å². The molecule has 1 saturated heterocycles. The van der Waals surface area contributed by atoms with Crippen LogP contribution in [0.1, 0.15) is 52.9 Å². The fourth-order valence-corrected chi connectivity index (χ4v) is 5.51. The lowest BCUT2D eigenvalue weighted by atomic mass is 10.1. The number of aromatic amines is 1. The Hall–Kier alpha value is -2.65. The number of sulfonamides is 1. The number of methoxy groups -OCH3 is 1. The van der Waals surface area contributed by atoms with Gasteiger partial charge in [-0.2, -0.15) is 4.31 Å². The molecule has 0 atom stereocenters. The van der Waals surface area contributed by atoms with Crippen LogP contribution in [-0.4, -0.2) is 43.8 Å². The minimum atomic E-state index is -3.80. The van der Waals surface area contributed by atoms with E-state index in [-0.39, 0.29) is 28.3 Å². The van der Waals surface area contributed by atoms with Crippen molar-refractivity contribution in [2.75, 3.05) is 20.2 Å². The van der Waals surface area contributed by atoms with Crippen molar-refractivity contribution in [3.8, 4) is 5.75 Å². The summed E-state index contributed by atoms with van der Waals surface area (Å²) >= 11 is 0. The molecule has 0 bridgehead atoms. The fourth-order valence-electron chi connectivity index (χ4n) is 3.81. The first-order valence-corrected chi connectivity index (χ1v) is 11.8. The van der Waals surface area contributed by atoms with Crippen LogP contribution in [0.15, 0.2) is 34.0 Å². The van der Waals surface area contributed by atoms with Gasteiger partial charge in [0, 0.05) is 36.5 Å². The van der Waals surface area contributed by atoms with Crippen molar-refractivity contribution in [3.63, 3.8) is 0 Å². The number of hydrogen-bond donors (Lipinski definition) is 2. The summed E-state index contributed by atoms with van der Waals surface area (Å²) in [4.78, 5) is 27.6. The number of H-pyrrole nitrogens is 1. The Morgan fingerprint density at radius 1 is 1.13 bits per heavy atom. The molecular formula is C22H29N3O5S.